The Labute approximate surface area is 147 Å². The van der Waals surface area contributed by atoms with E-state index in [1.807, 2.05) is 11.9 Å². The van der Waals surface area contributed by atoms with Crippen molar-refractivity contribution in [1.82, 2.24) is 14.7 Å². The summed E-state index contributed by atoms with van der Waals surface area (Å²) in [6, 6.07) is 7.33. The van der Waals surface area contributed by atoms with Gasteiger partial charge in [-0.15, -0.1) is 0 Å². The Morgan fingerprint density at radius 2 is 1.80 bits per heavy atom. The fourth-order valence-corrected chi connectivity index (χ4v) is 3.71. The first-order valence-electron chi connectivity index (χ1n) is 8.56. The summed E-state index contributed by atoms with van der Waals surface area (Å²) in [5.41, 5.74) is 0.652. The number of fused-ring (bicyclic) bond motifs is 1. The van der Waals surface area contributed by atoms with Crippen LogP contribution in [0.2, 0.25) is 0 Å². The molecule has 0 saturated carbocycles. The number of aliphatic carboxylic acids is 1. The molecule has 136 valence electrons. The molecule has 1 amide bonds. The molecule has 25 heavy (non-hydrogen) atoms. The molecule has 2 heterocycles. The summed E-state index contributed by atoms with van der Waals surface area (Å²) in [5, 5.41) is 9.37. The molecule has 1 aromatic rings. The second kappa shape index (κ2) is 7.41. The lowest BCUT2D eigenvalue weighted by molar-refractivity contribution is -0.142. The van der Waals surface area contributed by atoms with Gasteiger partial charge in [-0.25, -0.2) is 0 Å². The molecule has 0 aliphatic carbocycles. The van der Waals surface area contributed by atoms with Crippen LogP contribution in [0.25, 0.3) is 0 Å². The van der Waals surface area contributed by atoms with Crippen LogP contribution in [0.3, 0.4) is 0 Å². The van der Waals surface area contributed by atoms with E-state index in [1.165, 1.54) is 0 Å². The van der Waals surface area contributed by atoms with Crippen LogP contribution in [0.1, 0.15) is 10.4 Å². The van der Waals surface area contributed by atoms with Gasteiger partial charge in [-0.2, -0.15) is 0 Å². The molecule has 2 atom stereocenters. The molecule has 0 unspecified atom stereocenters. The molecule has 1 N–H and O–H groups in total. The number of methoxy groups -OCH3 is 1. The van der Waals surface area contributed by atoms with E-state index >= 15 is 0 Å². The summed E-state index contributed by atoms with van der Waals surface area (Å²) in [7, 11) is 3.55. The fourth-order valence-electron chi connectivity index (χ4n) is 3.71. The minimum atomic E-state index is -0.746. The zero-order valence-corrected chi connectivity index (χ0v) is 14.7. The first kappa shape index (κ1) is 17.7. The van der Waals surface area contributed by atoms with Crippen LogP contribution < -0.4 is 4.74 Å². The van der Waals surface area contributed by atoms with Gasteiger partial charge < -0.3 is 19.6 Å². The van der Waals surface area contributed by atoms with Gasteiger partial charge in [-0.1, -0.05) is 0 Å². The number of piperazine rings is 1. The Hall–Kier alpha value is -2.12. The van der Waals surface area contributed by atoms with Crippen LogP contribution in [-0.2, 0) is 4.79 Å². The first-order chi connectivity index (χ1) is 12.0. The average Bonchev–Trinajstić information content (AvgIpc) is 2.78. The second-order valence-corrected chi connectivity index (χ2v) is 6.88. The highest BCUT2D eigenvalue weighted by molar-refractivity contribution is 5.94. The van der Waals surface area contributed by atoms with Gasteiger partial charge in [-0.05, 0) is 31.3 Å². The van der Waals surface area contributed by atoms with E-state index < -0.39 is 5.97 Å². The number of carboxylic acids is 1. The highest BCUT2D eigenvalue weighted by atomic mass is 16.5. The molecular formula is C18H25N3O4. The monoisotopic (exact) mass is 347 g/mol. The number of ether oxygens (including phenoxy) is 1. The van der Waals surface area contributed by atoms with Gasteiger partial charge in [0.25, 0.3) is 5.91 Å². The average molecular weight is 347 g/mol. The summed E-state index contributed by atoms with van der Waals surface area (Å²) in [6.45, 7) is 3.84. The quantitative estimate of drug-likeness (QED) is 0.857. The van der Waals surface area contributed by atoms with E-state index in [0.717, 1.165) is 12.3 Å². The molecule has 2 aliphatic heterocycles. The van der Waals surface area contributed by atoms with Crippen molar-refractivity contribution >= 4 is 11.9 Å². The number of carbonyl (C=O) groups is 2. The van der Waals surface area contributed by atoms with Crippen LogP contribution in [0.4, 0.5) is 0 Å². The maximum Gasteiger partial charge on any atom is 0.309 e. The number of carbonyl (C=O) groups excluding carboxylic acids is 1. The van der Waals surface area contributed by atoms with Crippen molar-refractivity contribution in [1.29, 1.82) is 0 Å². The van der Waals surface area contributed by atoms with Crippen molar-refractivity contribution in [2.24, 2.45) is 5.92 Å². The lowest BCUT2D eigenvalue weighted by Crippen LogP contribution is -2.57. The van der Waals surface area contributed by atoms with E-state index in [4.69, 9.17) is 4.74 Å². The van der Waals surface area contributed by atoms with Gasteiger partial charge in [0.15, 0.2) is 0 Å². The van der Waals surface area contributed by atoms with Crippen LogP contribution in [0.5, 0.6) is 5.75 Å². The van der Waals surface area contributed by atoms with Crippen LogP contribution in [0, 0.1) is 5.92 Å². The maximum atomic E-state index is 12.8. The second-order valence-electron chi connectivity index (χ2n) is 6.88. The zero-order valence-electron chi connectivity index (χ0n) is 14.7. The van der Waals surface area contributed by atoms with Crippen molar-refractivity contribution in [3.63, 3.8) is 0 Å². The van der Waals surface area contributed by atoms with Gasteiger partial charge in [0.05, 0.1) is 13.0 Å². The third kappa shape index (κ3) is 3.93. The fraction of sp³-hybridized carbons (Fsp3) is 0.556. The number of nitrogens with zero attached hydrogens (tertiary/aromatic N) is 3. The standard InChI is InChI=1S/C18H25N3O4/c1-19-9-14(18(23)24)10-20-7-8-21(12-15(20)11-19)17(22)13-3-5-16(25-2)6-4-13/h3-6,14-15H,7-12H2,1-2H3,(H,23,24)/t14-,15-/m0/s1. The number of likely N-dealkylation sites (N-methyl/N-ethyl adjacent to an activating group) is 1. The summed E-state index contributed by atoms with van der Waals surface area (Å²) in [6.07, 6.45) is 0. The Morgan fingerprint density at radius 1 is 1.08 bits per heavy atom. The highest BCUT2D eigenvalue weighted by Crippen LogP contribution is 2.20. The van der Waals surface area contributed by atoms with Crippen LogP contribution in [0.15, 0.2) is 24.3 Å². The number of amides is 1. The number of hydrogen-bond acceptors (Lipinski definition) is 5. The van der Waals surface area contributed by atoms with Crippen molar-refractivity contribution in [3.05, 3.63) is 29.8 Å². The van der Waals surface area contributed by atoms with E-state index in [0.29, 0.717) is 38.3 Å². The molecule has 2 aliphatic rings. The topological polar surface area (TPSA) is 73.3 Å². The molecule has 0 spiro atoms. The normalized spacial score (nSPS) is 25.1. The predicted molar refractivity (Wildman–Crippen MR) is 92.9 cm³/mol. The van der Waals surface area contributed by atoms with E-state index in [2.05, 4.69) is 9.80 Å². The molecule has 7 nitrogen and oxygen atoms in total. The largest absolute Gasteiger partial charge is 0.497 e. The molecule has 2 saturated heterocycles. The first-order valence-corrected chi connectivity index (χ1v) is 8.56. The Bertz CT molecular complexity index is 634. The molecule has 0 radical (unpaired) electrons. The number of rotatable bonds is 3. The Morgan fingerprint density at radius 3 is 2.44 bits per heavy atom. The number of hydrogen-bond donors (Lipinski definition) is 1. The van der Waals surface area contributed by atoms with E-state index in [1.54, 1.807) is 31.4 Å². The summed E-state index contributed by atoms with van der Waals surface area (Å²) >= 11 is 0. The lowest BCUT2D eigenvalue weighted by atomic mass is 10.1. The third-order valence-corrected chi connectivity index (χ3v) is 5.09. The Kier molecular flexibility index (Phi) is 5.24. The smallest absolute Gasteiger partial charge is 0.309 e. The van der Waals surface area contributed by atoms with Crippen molar-refractivity contribution in [2.45, 2.75) is 6.04 Å². The van der Waals surface area contributed by atoms with E-state index in [9.17, 15) is 14.7 Å². The summed E-state index contributed by atoms with van der Waals surface area (Å²) in [4.78, 5) is 30.3. The lowest BCUT2D eigenvalue weighted by Gasteiger charge is -2.41. The Balaban J connectivity index is 1.69. The van der Waals surface area contributed by atoms with Gasteiger partial charge >= 0.3 is 5.97 Å². The maximum absolute atomic E-state index is 12.8. The molecule has 0 bridgehead atoms. The van der Waals surface area contributed by atoms with Gasteiger partial charge in [-0.3, -0.25) is 14.5 Å². The SMILES string of the molecule is COc1ccc(C(=O)N2CCN3C[C@@H](C(=O)O)CN(C)C[C@H]3C2)cc1. The molecule has 7 heteroatoms. The molecule has 1 aromatic carbocycles. The van der Waals surface area contributed by atoms with Crippen LogP contribution >= 0.6 is 0 Å². The molecule has 3 rings (SSSR count). The molecule has 0 aromatic heterocycles. The van der Waals surface area contributed by atoms with Crippen molar-refractivity contribution < 1.29 is 19.4 Å². The minimum Gasteiger partial charge on any atom is -0.497 e. The van der Waals surface area contributed by atoms with Gasteiger partial charge in [0.1, 0.15) is 5.75 Å². The van der Waals surface area contributed by atoms with Gasteiger partial charge in [0.2, 0.25) is 0 Å². The number of carboxylic acid groups (broad SMARTS) is 1. The summed E-state index contributed by atoms with van der Waals surface area (Å²) < 4.78 is 5.14. The van der Waals surface area contributed by atoms with Crippen molar-refractivity contribution in [2.75, 3.05) is 53.4 Å². The summed E-state index contributed by atoms with van der Waals surface area (Å²) in [5.74, 6) is -0.376. The number of benzene rings is 1. The predicted octanol–water partition coefficient (Wildman–Crippen LogP) is 0.468. The van der Waals surface area contributed by atoms with E-state index in [-0.39, 0.29) is 17.9 Å². The minimum absolute atomic E-state index is 0.0176. The van der Waals surface area contributed by atoms with Gasteiger partial charge in [0, 0.05) is 50.9 Å². The zero-order chi connectivity index (χ0) is 18.0. The molecular weight excluding hydrogens is 322 g/mol. The third-order valence-electron chi connectivity index (χ3n) is 5.09. The van der Waals surface area contributed by atoms with Crippen LogP contribution in [-0.4, -0.2) is 91.2 Å². The van der Waals surface area contributed by atoms with Crippen molar-refractivity contribution in [3.8, 4) is 5.75 Å². The molecule has 2 fully saturated rings. The highest BCUT2D eigenvalue weighted by Gasteiger charge is 2.36.